The van der Waals surface area contributed by atoms with Crippen LogP contribution in [0.25, 0.3) is 0 Å². The van der Waals surface area contributed by atoms with E-state index in [1.165, 1.54) is 5.56 Å². The predicted octanol–water partition coefficient (Wildman–Crippen LogP) is 1.10. The van der Waals surface area contributed by atoms with Gasteiger partial charge in [0.2, 0.25) is 5.91 Å². The van der Waals surface area contributed by atoms with Crippen molar-refractivity contribution < 1.29 is 4.79 Å². The lowest BCUT2D eigenvalue weighted by Crippen LogP contribution is -2.48. The van der Waals surface area contributed by atoms with Crippen LogP contribution in [0.1, 0.15) is 17.2 Å². The van der Waals surface area contributed by atoms with E-state index in [9.17, 15) is 4.79 Å². The number of amides is 1. The van der Waals surface area contributed by atoms with E-state index in [0.717, 1.165) is 18.7 Å². The highest BCUT2D eigenvalue weighted by Gasteiger charge is 2.27. The maximum Gasteiger partial charge on any atom is 0.241 e. The third-order valence-corrected chi connectivity index (χ3v) is 2.85. The molecule has 1 aliphatic rings. The van der Waals surface area contributed by atoms with Gasteiger partial charge >= 0.3 is 0 Å². The molecule has 2 rings (SSSR count). The van der Waals surface area contributed by atoms with Gasteiger partial charge in [0.05, 0.1) is 0 Å². The fourth-order valence-electron chi connectivity index (χ4n) is 1.94. The summed E-state index contributed by atoms with van der Waals surface area (Å²) in [6.07, 6.45) is 0. The molecular formula is C12H16N2O. The third kappa shape index (κ3) is 2.02. The second-order valence-electron chi connectivity index (χ2n) is 4.08. The van der Waals surface area contributed by atoms with Gasteiger partial charge in [0.25, 0.3) is 0 Å². The first kappa shape index (κ1) is 10.2. The molecule has 1 N–H and O–H groups in total. The molecule has 1 heterocycles. The van der Waals surface area contributed by atoms with E-state index < -0.39 is 0 Å². The van der Waals surface area contributed by atoms with Gasteiger partial charge in [-0.3, -0.25) is 9.69 Å². The highest BCUT2D eigenvalue weighted by Crippen LogP contribution is 2.21. The number of carbonyl (C=O) groups is 1. The highest BCUT2D eigenvalue weighted by molar-refractivity contribution is 5.83. The second kappa shape index (κ2) is 4.03. The van der Waals surface area contributed by atoms with Gasteiger partial charge in [0.1, 0.15) is 6.04 Å². The SMILES string of the molecule is Cc1ccc(C2C(=O)NCCN2C)cc1. The summed E-state index contributed by atoms with van der Waals surface area (Å²) in [5.74, 6) is 0.104. The number of hydrogen-bond acceptors (Lipinski definition) is 2. The molecule has 80 valence electrons. The molecule has 0 radical (unpaired) electrons. The molecule has 3 heteroatoms. The first-order valence-corrected chi connectivity index (χ1v) is 5.23. The van der Waals surface area contributed by atoms with Gasteiger partial charge in [-0.15, -0.1) is 0 Å². The lowest BCUT2D eigenvalue weighted by atomic mass is 10.0. The molecule has 15 heavy (non-hydrogen) atoms. The number of nitrogens with zero attached hydrogens (tertiary/aromatic N) is 1. The van der Waals surface area contributed by atoms with Gasteiger partial charge in [-0.2, -0.15) is 0 Å². The molecule has 1 unspecified atom stereocenters. The molecule has 1 amide bonds. The van der Waals surface area contributed by atoms with Gasteiger partial charge in [0.15, 0.2) is 0 Å². The van der Waals surface area contributed by atoms with E-state index in [0.29, 0.717) is 0 Å². The van der Waals surface area contributed by atoms with Crippen LogP contribution in [0.3, 0.4) is 0 Å². The van der Waals surface area contributed by atoms with Crippen molar-refractivity contribution in [2.75, 3.05) is 20.1 Å². The van der Waals surface area contributed by atoms with Crippen molar-refractivity contribution in [2.24, 2.45) is 0 Å². The molecule has 0 aliphatic carbocycles. The standard InChI is InChI=1S/C12H16N2O/c1-9-3-5-10(6-4-9)11-12(15)13-7-8-14(11)2/h3-6,11H,7-8H2,1-2H3,(H,13,15). The Labute approximate surface area is 90.1 Å². The Morgan fingerprint density at radius 1 is 1.33 bits per heavy atom. The molecule has 1 aromatic rings. The second-order valence-corrected chi connectivity index (χ2v) is 4.08. The van der Waals surface area contributed by atoms with Crippen molar-refractivity contribution in [3.05, 3.63) is 35.4 Å². The maximum atomic E-state index is 11.7. The number of aryl methyl sites for hydroxylation is 1. The van der Waals surface area contributed by atoms with Crippen LogP contribution in [0, 0.1) is 6.92 Å². The van der Waals surface area contributed by atoms with Gasteiger partial charge < -0.3 is 5.32 Å². The van der Waals surface area contributed by atoms with Crippen molar-refractivity contribution in [1.29, 1.82) is 0 Å². The van der Waals surface area contributed by atoms with Crippen molar-refractivity contribution in [1.82, 2.24) is 10.2 Å². The molecule has 1 fully saturated rings. The van der Waals surface area contributed by atoms with Gasteiger partial charge in [-0.1, -0.05) is 29.8 Å². The Morgan fingerprint density at radius 3 is 2.60 bits per heavy atom. The topological polar surface area (TPSA) is 32.3 Å². The zero-order chi connectivity index (χ0) is 10.8. The van der Waals surface area contributed by atoms with Gasteiger partial charge in [-0.05, 0) is 19.5 Å². The Hall–Kier alpha value is -1.35. The van der Waals surface area contributed by atoms with Crippen LogP contribution in [-0.2, 0) is 4.79 Å². The Kier molecular flexibility index (Phi) is 2.73. The number of likely N-dealkylation sites (N-methyl/N-ethyl adjacent to an activating group) is 1. The summed E-state index contributed by atoms with van der Waals surface area (Å²) in [6, 6.07) is 8.03. The fraction of sp³-hybridized carbons (Fsp3) is 0.417. The average Bonchev–Trinajstić information content (AvgIpc) is 2.20. The van der Waals surface area contributed by atoms with E-state index in [1.54, 1.807) is 0 Å². The van der Waals surface area contributed by atoms with E-state index >= 15 is 0 Å². The Bertz CT molecular complexity index is 358. The molecule has 0 bridgehead atoms. The normalized spacial score (nSPS) is 22.5. The van der Waals surface area contributed by atoms with Crippen LogP contribution in [-0.4, -0.2) is 30.9 Å². The predicted molar refractivity (Wildman–Crippen MR) is 59.6 cm³/mol. The first-order chi connectivity index (χ1) is 7.18. The summed E-state index contributed by atoms with van der Waals surface area (Å²) in [6.45, 7) is 3.70. The number of rotatable bonds is 1. The van der Waals surface area contributed by atoms with E-state index in [1.807, 2.05) is 31.3 Å². The summed E-state index contributed by atoms with van der Waals surface area (Å²) in [5, 5.41) is 2.90. The van der Waals surface area contributed by atoms with Crippen molar-refractivity contribution in [2.45, 2.75) is 13.0 Å². The van der Waals surface area contributed by atoms with Crippen LogP contribution < -0.4 is 5.32 Å². The monoisotopic (exact) mass is 204 g/mol. The zero-order valence-corrected chi connectivity index (χ0v) is 9.16. The van der Waals surface area contributed by atoms with Gasteiger partial charge in [0, 0.05) is 13.1 Å². The van der Waals surface area contributed by atoms with Crippen molar-refractivity contribution in [3.8, 4) is 0 Å². The van der Waals surface area contributed by atoms with Gasteiger partial charge in [-0.25, -0.2) is 0 Å². The minimum atomic E-state index is -0.126. The number of piperazine rings is 1. The molecule has 0 spiro atoms. The van der Waals surface area contributed by atoms with Crippen LogP contribution in [0.15, 0.2) is 24.3 Å². The number of hydrogen-bond donors (Lipinski definition) is 1. The Morgan fingerprint density at radius 2 is 2.00 bits per heavy atom. The van der Waals surface area contributed by atoms with Crippen LogP contribution >= 0.6 is 0 Å². The van der Waals surface area contributed by atoms with E-state index in [2.05, 4.69) is 17.1 Å². The number of carbonyl (C=O) groups excluding carboxylic acids is 1. The largest absolute Gasteiger partial charge is 0.353 e. The maximum absolute atomic E-state index is 11.7. The summed E-state index contributed by atoms with van der Waals surface area (Å²) in [7, 11) is 1.99. The number of benzene rings is 1. The van der Waals surface area contributed by atoms with E-state index in [4.69, 9.17) is 0 Å². The Balaban J connectivity index is 2.27. The third-order valence-electron chi connectivity index (χ3n) is 2.85. The smallest absolute Gasteiger partial charge is 0.241 e. The lowest BCUT2D eigenvalue weighted by molar-refractivity contribution is -0.128. The van der Waals surface area contributed by atoms with E-state index in [-0.39, 0.29) is 11.9 Å². The molecule has 1 aliphatic heterocycles. The molecule has 1 saturated heterocycles. The highest BCUT2D eigenvalue weighted by atomic mass is 16.2. The molecule has 1 aromatic carbocycles. The van der Waals surface area contributed by atoms with Crippen molar-refractivity contribution >= 4 is 5.91 Å². The minimum absolute atomic E-state index is 0.104. The lowest BCUT2D eigenvalue weighted by Gasteiger charge is -2.32. The van der Waals surface area contributed by atoms with Crippen LogP contribution in [0.5, 0.6) is 0 Å². The molecule has 1 atom stereocenters. The quantitative estimate of drug-likeness (QED) is 0.743. The van der Waals surface area contributed by atoms with Crippen molar-refractivity contribution in [3.63, 3.8) is 0 Å². The first-order valence-electron chi connectivity index (χ1n) is 5.23. The summed E-state index contributed by atoms with van der Waals surface area (Å²) >= 11 is 0. The molecular weight excluding hydrogens is 188 g/mol. The fourth-order valence-corrected chi connectivity index (χ4v) is 1.94. The van der Waals surface area contributed by atoms with Crippen LogP contribution in [0.2, 0.25) is 0 Å². The average molecular weight is 204 g/mol. The summed E-state index contributed by atoms with van der Waals surface area (Å²) in [4.78, 5) is 13.8. The number of nitrogens with one attached hydrogen (secondary N) is 1. The molecule has 0 saturated carbocycles. The summed E-state index contributed by atoms with van der Waals surface area (Å²) in [5.41, 5.74) is 2.29. The summed E-state index contributed by atoms with van der Waals surface area (Å²) < 4.78 is 0. The zero-order valence-electron chi connectivity index (χ0n) is 9.16. The molecule has 0 aromatic heterocycles. The minimum Gasteiger partial charge on any atom is -0.353 e. The molecule has 3 nitrogen and oxygen atoms in total. The van der Waals surface area contributed by atoms with Crippen LogP contribution in [0.4, 0.5) is 0 Å².